The van der Waals surface area contributed by atoms with E-state index in [2.05, 4.69) is 17.0 Å². The molecule has 0 aliphatic carbocycles. The highest BCUT2D eigenvalue weighted by Crippen LogP contribution is 2.14. The average molecular weight is 150 g/mol. The Morgan fingerprint density at radius 3 is 2.82 bits per heavy atom. The zero-order valence-electron chi connectivity index (χ0n) is 6.04. The van der Waals surface area contributed by atoms with Crippen LogP contribution in [0.15, 0.2) is 18.8 Å². The number of aromatic nitrogens is 1. The zero-order chi connectivity index (χ0) is 8.27. The summed E-state index contributed by atoms with van der Waals surface area (Å²) in [5.41, 5.74) is 9.33. The summed E-state index contributed by atoms with van der Waals surface area (Å²) in [6.07, 6.45) is 3.31. The standard InChI is InChI=1S/C7H10N4/c1-2-5-3-6(8)7(11-9)10-4-5/h2-4H,1,8-9H2,(H,10,11). The van der Waals surface area contributed by atoms with Crippen molar-refractivity contribution >= 4 is 17.6 Å². The van der Waals surface area contributed by atoms with E-state index in [4.69, 9.17) is 11.6 Å². The van der Waals surface area contributed by atoms with E-state index in [1.54, 1.807) is 18.3 Å². The molecule has 0 bridgehead atoms. The maximum Gasteiger partial charge on any atom is 0.163 e. The van der Waals surface area contributed by atoms with Crippen molar-refractivity contribution in [2.24, 2.45) is 5.84 Å². The molecule has 5 N–H and O–H groups in total. The molecule has 1 aromatic rings. The lowest BCUT2D eigenvalue weighted by molar-refractivity contribution is 1.23. The molecule has 1 aromatic heterocycles. The Kier molecular flexibility index (Phi) is 2.08. The van der Waals surface area contributed by atoms with Gasteiger partial charge in [0.2, 0.25) is 0 Å². The van der Waals surface area contributed by atoms with E-state index in [0.717, 1.165) is 5.56 Å². The van der Waals surface area contributed by atoms with Gasteiger partial charge in [0.15, 0.2) is 5.82 Å². The predicted octanol–water partition coefficient (Wildman–Crippen LogP) is 0.592. The summed E-state index contributed by atoms with van der Waals surface area (Å²) in [5.74, 6) is 5.61. The fourth-order valence-corrected chi connectivity index (χ4v) is 0.731. The van der Waals surface area contributed by atoms with Crippen LogP contribution >= 0.6 is 0 Å². The number of nitrogens with two attached hydrogens (primary N) is 2. The van der Waals surface area contributed by atoms with Crippen LogP contribution in [0.2, 0.25) is 0 Å². The van der Waals surface area contributed by atoms with Crippen molar-refractivity contribution in [1.29, 1.82) is 0 Å². The van der Waals surface area contributed by atoms with Crippen molar-refractivity contribution in [1.82, 2.24) is 4.98 Å². The van der Waals surface area contributed by atoms with Gasteiger partial charge in [0.25, 0.3) is 0 Å². The van der Waals surface area contributed by atoms with E-state index < -0.39 is 0 Å². The molecule has 0 amide bonds. The summed E-state index contributed by atoms with van der Waals surface area (Å²) in [7, 11) is 0. The quantitative estimate of drug-likeness (QED) is 0.426. The zero-order valence-corrected chi connectivity index (χ0v) is 6.04. The molecule has 0 saturated heterocycles. The molecule has 0 radical (unpaired) electrons. The van der Waals surface area contributed by atoms with Gasteiger partial charge in [-0.25, -0.2) is 10.8 Å². The van der Waals surface area contributed by atoms with Crippen LogP contribution in [0.4, 0.5) is 11.5 Å². The van der Waals surface area contributed by atoms with Gasteiger partial charge in [0.05, 0.1) is 5.69 Å². The highest BCUT2D eigenvalue weighted by Gasteiger charge is 1.96. The van der Waals surface area contributed by atoms with Gasteiger partial charge in [0.1, 0.15) is 0 Å². The van der Waals surface area contributed by atoms with Gasteiger partial charge in [-0.15, -0.1) is 0 Å². The Hall–Kier alpha value is -1.55. The molecule has 0 aliphatic rings. The summed E-state index contributed by atoms with van der Waals surface area (Å²) in [6, 6.07) is 1.75. The summed E-state index contributed by atoms with van der Waals surface area (Å²) in [4.78, 5) is 3.94. The molecule has 4 heteroatoms. The molecule has 1 heterocycles. The minimum atomic E-state index is 0.482. The maximum absolute atomic E-state index is 5.55. The fourth-order valence-electron chi connectivity index (χ4n) is 0.731. The van der Waals surface area contributed by atoms with Crippen LogP contribution < -0.4 is 17.0 Å². The van der Waals surface area contributed by atoms with E-state index in [0.29, 0.717) is 11.5 Å². The minimum Gasteiger partial charge on any atom is -0.396 e. The van der Waals surface area contributed by atoms with E-state index in [-0.39, 0.29) is 0 Å². The number of hydrazine groups is 1. The van der Waals surface area contributed by atoms with Crippen LogP contribution in [0.1, 0.15) is 5.56 Å². The van der Waals surface area contributed by atoms with Crippen molar-refractivity contribution in [3.8, 4) is 0 Å². The molecule has 0 fully saturated rings. The number of pyridine rings is 1. The Labute approximate surface area is 64.9 Å². The van der Waals surface area contributed by atoms with E-state index in [1.165, 1.54) is 0 Å². The summed E-state index contributed by atoms with van der Waals surface area (Å²) in [5, 5.41) is 0. The Morgan fingerprint density at radius 1 is 1.64 bits per heavy atom. The minimum absolute atomic E-state index is 0.482. The highest BCUT2D eigenvalue weighted by atomic mass is 15.3. The van der Waals surface area contributed by atoms with Crippen molar-refractivity contribution in [3.63, 3.8) is 0 Å². The van der Waals surface area contributed by atoms with Crippen LogP contribution in [-0.4, -0.2) is 4.98 Å². The number of hydrogen-bond donors (Lipinski definition) is 3. The number of nitrogens with one attached hydrogen (secondary N) is 1. The third-order valence-corrected chi connectivity index (χ3v) is 1.31. The number of hydrogen-bond acceptors (Lipinski definition) is 4. The van der Waals surface area contributed by atoms with Crippen molar-refractivity contribution < 1.29 is 0 Å². The first-order valence-electron chi connectivity index (χ1n) is 3.12. The van der Waals surface area contributed by atoms with Gasteiger partial charge < -0.3 is 11.2 Å². The molecule has 0 aliphatic heterocycles. The lowest BCUT2D eigenvalue weighted by Gasteiger charge is -2.02. The molecule has 1 rings (SSSR count). The van der Waals surface area contributed by atoms with E-state index in [1.807, 2.05) is 0 Å². The molecular formula is C7H10N4. The van der Waals surface area contributed by atoms with Crippen LogP contribution in [0.3, 0.4) is 0 Å². The number of nitrogens with zero attached hydrogens (tertiary/aromatic N) is 1. The number of nitrogen functional groups attached to an aromatic ring is 2. The molecule has 0 unspecified atom stereocenters. The molecule has 0 atom stereocenters. The lowest BCUT2D eigenvalue weighted by Crippen LogP contribution is -2.10. The van der Waals surface area contributed by atoms with Crippen molar-refractivity contribution in [2.45, 2.75) is 0 Å². The summed E-state index contributed by atoms with van der Waals surface area (Å²) < 4.78 is 0. The predicted molar refractivity (Wildman–Crippen MR) is 46.6 cm³/mol. The SMILES string of the molecule is C=Cc1cnc(NN)c(N)c1. The second-order valence-electron chi connectivity index (χ2n) is 2.05. The first-order chi connectivity index (χ1) is 5.27. The number of anilines is 2. The van der Waals surface area contributed by atoms with Gasteiger partial charge in [-0.1, -0.05) is 12.7 Å². The average Bonchev–Trinajstić information content (AvgIpc) is 2.04. The highest BCUT2D eigenvalue weighted by molar-refractivity contribution is 5.64. The second kappa shape index (κ2) is 3.03. The Balaban J connectivity index is 3.09. The molecular weight excluding hydrogens is 140 g/mol. The third-order valence-electron chi connectivity index (χ3n) is 1.31. The molecule has 11 heavy (non-hydrogen) atoms. The topological polar surface area (TPSA) is 77.0 Å². The molecule has 0 aromatic carbocycles. The lowest BCUT2D eigenvalue weighted by atomic mass is 10.2. The molecule has 0 saturated carbocycles. The first-order valence-corrected chi connectivity index (χ1v) is 3.12. The van der Waals surface area contributed by atoms with Gasteiger partial charge >= 0.3 is 0 Å². The first kappa shape index (κ1) is 7.56. The second-order valence-corrected chi connectivity index (χ2v) is 2.05. The van der Waals surface area contributed by atoms with Crippen molar-refractivity contribution in [2.75, 3.05) is 11.2 Å². The number of rotatable bonds is 2. The van der Waals surface area contributed by atoms with E-state index >= 15 is 0 Å². The van der Waals surface area contributed by atoms with Gasteiger partial charge in [-0.3, -0.25) is 0 Å². The Morgan fingerprint density at radius 2 is 2.36 bits per heavy atom. The maximum atomic E-state index is 5.55. The largest absolute Gasteiger partial charge is 0.396 e. The summed E-state index contributed by atoms with van der Waals surface area (Å²) >= 11 is 0. The molecule has 4 nitrogen and oxygen atoms in total. The molecule has 58 valence electrons. The van der Waals surface area contributed by atoms with Gasteiger partial charge in [-0.05, 0) is 11.6 Å². The normalized spacial score (nSPS) is 9.18. The van der Waals surface area contributed by atoms with Crippen LogP contribution in [-0.2, 0) is 0 Å². The van der Waals surface area contributed by atoms with Crippen LogP contribution in [0, 0.1) is 0 Å². The monoisotopic (exact) mass is 150 g/mol. The van der Waals surface area contributed by atoms with Crippen LogP contribution in [0.5, 0.6) is 0 Å². The fraction of sp³-hybridized carbons (Fsp3) is 0. The van der Waals surface area contributed by atoms with Crippen molar-refractivity contribution in [3.05, 3.63) is 24.4 Å². The van der Waals surface area contributed by atoms with Crippen LogP contribution in [0.25, 0.3) is 6.08 Å². The van der Waals surface area contributed by atoms with Gasteiger partial charge in [0, 0.05) is 6.20 Å². The smallest absolute Gasteiger partial charge is 0.163 e. The third kappa shape index (κ3) is 1.47. The summed E-state index contributed by atoms with van der Waals surface area (Å²) in [6.45, 7) is 3.58. The van der Waals surface area contributed by atoms with E-state index in [9.17, 15) is 0 Å². The Bertz CT molecular complexity index is 269. The van der Waals surface area contributed by atoms with Gasteiger partial charge in [-0.2, -0.15) is 0 Å². The molecule has 0 spiro atoms.